The average molecular weight is 343 g/mol. The molecule has 2 fully saturated rings. The maximum atomic E-state index is 12.1. The molecule has 0 N–H and O–H groups in total. The molecule has 0 unspecified atom stereocenters. The predicted octanol–water partition coefficient (Wildman–Crippen LogP) is 2.48. The van der Waals surface area contributed by atoms with E-state index in [4.69, 9.17) is 9.47 Å². The number of aryl methyl sites for hydroxylation is 1. The highest BCUT2D eigenvalue weighted by molar-refractivity contribution is 5.85. The maximum absolute atomic E-state index is 12.1. The molecule has 0 radical (unpaired) electrons. The first-order chi connectivity index (χ1) is 12.2. The van der Waals surface area contributed by atoms with Crippen LogP contribution in [0.1, 0.15) is 32.1 Å². The van der Waals surface area contributed by atoms with Crippen LogP contribution in [0.3, 0.4) is 0 Å². The number of hydrogen-bond donors (Lipinski definition) is 0. The topological polar surface area (TPSA) is 56.6 Å². The van der Waals surface area contributed by atoms with E-state index >= 15 is 0 Å². The molecule has 6 nitrogen and oxygen atoms in total. The zero-order valence-corrected chi connectivity index (χ0v) is 14.7. The summed E-state index contributed by atoms with van der Waals surface area (Å²) in [7, 11) is 1.79. The zero-order chi connectivity index (χ0) is 17.2. The predicted molar refractivity (Wildman–Crippen MR) is 97.5 cm³/mol. The quantitative estimate of drug-likeness (QED) is 0.857. The SMILES string of the molecule is Cn1c(=O)cnc2cc(N3CCOCC3)cc(OC3CCCCC3)c21. The normalized spacial score (nSPS) is 19.3. The Labute approximate surface area is 147 Å². The van der Waals surface area contributed by atoms with Gasteiger partial charge in [-0.2, -0.15) is 0 Å². The van der Waals surface area contributed by atoms with Crippen LogP contribution in [-0.4, -0.2) is 42.0 Å². The van der Waals surface area contributed by atoms with E-state index in [-0.39, 0.29) is 11.7 Å². The Morgan fingerprint density at radius 3 is 2.68 bits per heavy atom. The number of fused-ring (bicyclic) bond motifs is 1. The van der Waals surface area contributed by atoms with E-state index < -0.39 is 0 Å². The Balaban J connectivity index is 1.77. The Kier molecular flexibility index (Phi) is 4.61. The molecule has 0 spiro atoms. The Hall–Kier alpha value is -2.08. The maximum Gasteiger partial charge on any atom is 0.269 e. The fourth-order valence-corrected chi connectivity index (χ4v) is 3.79. The van der Waals surface area contributed by atoms with E-state index in [1.807, 2.05) is 6.07 Å². The van der Waals surface area contributed by atoms with Crippen molar-refractivity contribution in [1.29, 1.82) is 0 Å². The number of aromatic nitrogens is 2. The van der Waals surface area contributed by atoms with Crippen molar-refractivity contribution in [3.05, 3.63) is 28.7 Å². The highest BCUT2D eigenvalue weighted by Crippen LogP contribution is 2.33. The first kappa shape index (κ1) is 16.4. The van der Waals surface area contributed by atoms with Gasteiger partial charge in [-0.25, -0.2) is 4.98 Å². The number of hydrogen-bond acceptors (Lipinski definition) is 5. The minimum Gasteiger partial charge on any atom is -0.488 e. The lowest BCUT2D eigenvalue weighted by Gasteiger charge is -2.30. The molecular weight excluding hydrogens is 318 g/mol. The molecule has 1 aromatic carbocycles. The third-order valence-corrected chi connectivity index (χ3v) is 5.24. The van der Waals surface area contributed by atoms with E-state index in [2.05, 4.69) is 16.0 Å². The molecule has 0 bridgehead atoms. The third-order valence-electron chi connectivity index (χ3n) is 5.24. The molecule has 4 rings (SSSR count). The van der Waals surface area contributed by atoms with Crippen molar-refractivity contribution in [3.8, 4) is 5.75 Å². The zero-order valence-electron chi connectivity index (χ0n) is 14.7. The number of benzene rings is 1. The molecule has 1 saturated carbocycles. The van der Waals surface area contributed by atoms with Gasteiger partial charge in [0, 0.05) is 31.9 Å². The summed E-state index contributed by atoms with van der Waals surface area (Å²) >= 11 is 0. The van der Waals surface area contributed by atoms with Gasteiger partial charge in [0.1, 0.15) is 11.3 Å². The molecule has 0 amide bonds. The highest BCUT2D eigenvalue weighted by atomic mass is 16.5. The van der Waals surface area contributed by atoms with Gasteiger partial charge in [-0.05, 0) is 31.7 Å². The van der Waals surface area contributed by atoms with Gasteiger partial charge in [0.2, 0.25) is 0 Å². The van der Waals surface area contributed by atoms with Crippen LogP contribution in [0.5, 0.6) is 5.75 Å². The third kappa shape index (κ3) is 3.35. The van der Waals surface area contributed by atoms with E-state index in [0.29, 0.717) is 0 Å². The van der Waals surface area contributed by atoms with Crippen LogP contribution < -0.4 is 15.2 Å². The van der Waals surface area contributed by atoms with Gasteiger partial charge in [0.05, 0.1) is 31.0 Å². The second-order valence-corrected chi connectivity index (χ2v) is 6.94. The van der Waals surface area contributed by atoms with Gasteiger partial charge in [0.25, 0.3) is 5.56 Å². The highest BCUT2D eigenvalue weighted by Gasteiger charge is 2.20. The van der Waals surface area contributed by atoms with E-state index in [1.54, 1.807) is 11.6 Å². The Morgan fingerprint density at radius 1 is 1.16 bits per heavy atom. The van der Waals surface area contributed by atoms with Crippen molar-refractivity contribution in [1.82, 2.24) is 9.55 Å². The summed E-state index contributed by atoms with van der Waals surface area (Å²) in [5.41, 5.74) is 2.57. The molecule has 1 aliphatic heterocycles. The second kappa shape index (κ2) is 7.04. The minimum absolute atomic E-state index is 0.111. The monoisotopic (exact) mass is 343 g/mol. The number of anilines is 1. The van der Waals surface area contributed by atoms with Crippen molar-refractivity contribution in [3.63, 3.8) is 0 Å². The first-order valence-corrected chi connectivity index (χ1v) is 9.21. The van der Waals surface area contributed by atoms with E-state index in [0.717, 1.165) is 61.6 Å². The van der Waals surface area contributed by atoms with Crippen molar-refractivity contribution in [2.24, 2.45) is 7.05 Å². The lowest BCUT2D eigenvalue weighted by Crippen LogP contribution is -2.36. The lowest BCUT2D eigenvalue weighted by molar-refractivity contribution is 0.122. The summed E-state index contributed by atoms with van der Waals surface area (Å²) in [6, 6.07) is 4.12. The molecule has 1 aliphatic carbocycles. The summed E-state index contributed by atoms with van der Waals surface area (Å²) in [6.07, 6.45) is 7.48. The molecule has 1 aromatic heterocycles. The standard InChI is InChI=1S/C19H25N3O3/c1-21-18(23)13-20-16-11-14(22-7-9-24-10-8-22)12-17(19(16)21)25-15-5-3-2-4-6-15/h11-13,15H,2-10H2,1H3. The van der Waals surface area contributed by atoms with Gasteiger partial charge < -0.3 is 18.9 Å². The number of ether oxygens (including phenoxy) is 2. The molecule has 134 valence electrons. The van der Waals surface area contributed by atoms with Crippen LogP contribution >= 0.6 is 0 Å². The summed E-state index contributed by atoms with van der Waals surface area (Å²) in [4.78, 5) is 18.8. The molecule has 2 aromatic rings. The van der Waals surface area contributed by atoms with Crippen molar-refractivity contribution in [2.75, 3.05) is 31.2 Å². The lowest BCUT2D eigenvalue weighted by atomic mass is 9.98. The van der Waals surface area contributed by atoms with Crippen molar-refractivity contribution >= 4 is 16.7 Å². The molecule has 25 heavy (non-hydrogen) atoms. The molecule has 0 atom stereocenters. The summed E-state index contributed by atoms with van der Waals surface area (Å²) in [5.74, 6) is 0.776. The van der Waals surface area contributed by atoms with Crippen LogP contribution in [0.4, 0.5) is 5.69 Å². The fraction of sp³-hybridized carbons (Fsp3) is 0.579. The van der Waals surface area contributed by atoms with Gasteiger partial charge in [0.15, 0.2) is 0 Å². The van der Waals surface area contributed by atoms with E-state index in [9.17, 15) is 4.79 Å². The van der Waals surface area contributed by atoms with Crippen molar-refractivity contribution in [2.45, 2.75) is 38.2 Å². The van der Waals surface area contributed by atoms with Gasteiger partial charge in [-0.15, -0.1) is 0 Å². The van der Waals surface area contributed by atoms with Gasteiger partial charge in [-0.1, -0.05) is 6.42 Å². The fourth-order valence-electron chi connectivity index (χ4n) is 3.79. The minimum atomic E-state index is -0.111. The number of rotatable bonds is 3. The van der Waals surface area contributed by atoms with Crippen LogP contribution in [0, 0.1) is 0 Å². The van der Waals surface area contributed by atoms with E-state index in [1.165, 1.54) is 25.5 Å². The molecule has 1 saturated heterocycles. The van der Waals surface area contributed by atoms with Crippen LogP contribution in [0.25, 0.3) is 11.0 Å². The molecular formula is C19H25N3O3. The number of morpholine rings is 1. The Bertz CT molecular complexity index is 805. The molecule has 2 aliphatic rings. The van der Waals surface area contributed by atoms with Crippen molar-refractivity contribution < 1.29 is 9.47 Å². The summed E-state index contributed by atoms with van der Waals surface area (Å²) in [6.45, 7) is 3.19. The smallest absolute Gasteiger partial charge is 0.269 e. The molecule has 6 heteroatoms. The van der Waals surface area contributed by atoms with Crippen LogP contribution in [0.2, 0.25) is 0 Å². The first-order valence-electron chi connectivity index (χ1n) is 9.21. The van der Waals surface area contributed by atoms with Gasteiger partial charge >= 0.3 is 0 Å². The summed E-state index contributed by atoms with van der Waals surface area (Å²) in [5, 5.41) is 0. The van der Waals surface area contributed by atoms with Crippen LogP contribution in [-0.2, 0) is 11.8 Å². The largest absolute Gasteiger partial charge is 0.488 e. The van der Waals surface area contributed by atoms with Crippen LogP contribution in [0.15, 0.2) is 23.1 Å². The second-order valence-electron chi connectivity index (χ2n) is 6.94. The Morgan fingerprint density at radius 2 is 1.92 bits per heavy atom. The average Bonchev–Trinajstić information content (AvgIpc) is 2.66. The molecule has 2 heterocycles. The summed E-state index contributed by atoms with van der Waals surface area (Å²) < 4.78 is 13.5. The number of nitrogens with zero attached hydrogens (tertiary/aromatic N) is 3. The van der Waals surface area contributed by atoms with Gasteiger partial charge in [-0.3, -0.25) is 4.79 Å².